The first-order valence-electron chi connectivity index (χ1n) is 9.24. The van der Waals surface area contributed by atoms with E-state index in [1.165, 1.54) is 24.1 Å². The molecule has 1 heterocycles. The first-order chi connectivity index (χ1) is 14.9. The van der Waals surface area contributed by atoms with Crippen LogP contribution in [0.5, 0.6) is 11.5 Å². The highest BCUT2D eigenvalue weighted by Crippen LogP contribution is 2.25. The molecule has 3 rings (SSSR count). The Balaban J connectivity index is 1.55. The summed E-state index contributed by atoms with van der Waals surface area (Å²) in [5.74, 6) is 6.50. The number of nitrogens with one attached hydrogen (secondary N) is 2. The van der Waals surface area contributed by atoms with Gasteiger partial charge in [0, 0.05) is 5.69 Å². The van der Waals surface area contributed by atoms with Gasteiger partial charge in [0.1, 0.15) is 0 Å². The number of hydrogen-bond acceptors (Lipinski definition) is 9. The number of amides is 1. The lowest BCUT2D eigenvalue weighted by Crippen LogP contribution is -2.17. The minimum Gasteiger partial charge on any atom is -0.504 e. The SMILES string of the molecule is COc1ccc(/C=N/Nc2nnc(SCC(=O)Nc3cc(C)ccc3C)n2N)cc1O. The molecule has 0 bridgehead atoms. The molecule has 31 heavy (non-hydrogen) atoms. The van der Waals surface area contributed by atoms with E-state index in [0.29, 0.717) is 16.5 Å². The van der Waals surface area contributed by atoms with Gasteiger partial charge >= 0.3 is 0 Å². The molecular formula is C20H23N7O3S. The topological polar surface area (TPSA) is 140 Å². The number of aromatic hydroxyl groups is 1. The molecule has 0 aliphatic rings. The summed E-state index contributed by atoms with van der Waals surface area (Å²) >= 11 is 1.15. The van der Waals surface area contributed by atoms with E-state index in [1.807, 2.05) is 32.0 Å². The van der Waals surface area contributed by atoms with Crippen LogP contribution in [0.25, 0.3) is 0 Å². The third kappa shape index (κ3) is 5.66. The number of aromatic nitrogens is 3. The number of nitrogens with two attached hydrogens (primary N) is 1. The molecule has 2 aromatic carbocycles. The van der Waals surface area contributed by atoms with Crippen molar-refractivity contribution in [2.24, 2.45) is 5.10 Å². The summed E-state index contributed by atoms with van der Waals surface area (Å²) in [7, 11) is 1.47. The van der Waals surface area contributed by atoms with E-state index in [0.717, 1.165) is 28.6 Å². The normalized spacial score (nSPS) is 10.9. The van der Waals surface area contributed by atoms with E-state index in [1.54, 1.807) is 12.1 Å². The van der Waals surface area contributed by atoms with Crippen LogP contribution in [0.1, 0.15) is 16.7 Å². The summed E-state index contributed by atoms with van der Waals surface area (Å²) < 4.78 is 6.20. The molecule has 5 N–H and O–H groups in total. The second-order valence-corrected chi connectivity index (χ2v) is 7.58. The number of anilines is 2. The van der Waals surface area contributed by atoms with Gasteiger partial charge in [-0.05, 0) is 54.8 Å². The molecule has 162 valence electrons. The maximum atomic E-state index is 12.3. The molecule has 0 unspecified atom stereocenters. The fourth-order valence-electron chi connectivity index (χ4n) is 2.59. The van der Waals surface area contributed by atoms with Crippen LogP contribution in [-0.4, -0.2) is 45.0 Å². The Kier molecular flexibility index (Phi) is 6.98. The minimum atomic E-state index is -0.173. The minimum absolute atomic E-state index is 0.00580. The van der Waals surface area contributed by atoms with E-state index in [4.69, 9.17) is 10.6 Å². The van der Waals surface area contributed by atoms with Gasteiger partial charge in [-0.2, -0.15) is 5.10 Å². The van der Waals surface area contributed by atoms with Gasteiger partial charge in [-0.25, -0.2) is 10.1 Å². The van der Waals surface area contributed by atoms with Crippen molar-refractivity contribution >= 4 is 35.5 Å². The molecule has 0 aliphatic carbocycles. The summed E-state index contributed by atoms with van der Waals surface area (Å²) in [6.07, 6.45) is 1.48. The van der Waals surface area contributed by atoms with Gasteiger partial charge in [-0.3, -0.25) is 4.79 Å². The molecule has 0 spiro atoms. The Hall–Kier alpha value is -3.73. The standard InChI is InChI=1S/C20H23N7O3S/c1-12-4-5-13(2)15(8-12)23-18(29)11-31-20-26-25-19(27(20)21)24-22-10-14-6-7-17(30-3)16(28)9-14/h4-10,28H,11,21H2,1-3H3,(H,23,29)(H,24,25)/b22-10+. The number of nitrogens with zero attached hydrogens (tertiary/aromatic N) is 4. The molecule has 1 aromatic heterocycles. The largest absolute Gasteiger partial charge is 0.504 e. The summed E-state index contributed by atoms with van der Waals surface area (Å²) in [6.45, 7) is 3.90. The van der Waals surface area contributed by atoms with Crippen molar-refractivity contribution in [1.82, 2.24) is 14.9 Å². The number of rotatable bonds is 8. The van der Waals surface area contributed by atoms with Crippen molar-refractivity contribution in [3.8, 4) is 11.5 Å². The molecule has 0 saturated heterocycles. The average Bonchev–Trinajstić information content (AvgIpc) is 3.09. The first-order valence-corrected chi connectivity index (χ1v) is 10.2. The number of phenolic OH excluding ortho intramolecular Hbond substituents is 1. The van der Waals surface area contributed by atoms with E-state index in [2.05, 4.69) is 26.0 Å². The average molecular weight is 442 g/mol. The highest BCUT2D eigenvalue weighted by atomic mass is 32.2. The fraction of sp³-hybridized carbons (Fsp3) is 0.200. The Labute approximate surface area is 183 Å². The number of carbonyl (C=O) groups is 1. The van der Waals surface area contributed by atoms with E-state index in [-0.39, 0.29) is 23.4 Å². The summed E-state index contributed by atoms with van der Waals surface area (Å²) in [5, 5.41) is 25.0. The van der Waals surface area contributed by atoms with Gasteiger partial charge in [0.05, 0.1) is 19.1 Å². The number of hydrogen-bond donors (Lipinski definition) is 4. The zero-order valence-corrected chi connectivity index (χ0v) is 18.1. The number of nitrogen functional groups attached to an aromatic ring is 1. The van der Waals surface area contributed by atoms with Gasteiger partial charge in [0.15, 0.2) is 11.5 Å². The van der Waals surface area contributed by atoms with E-state index < -0.39 is 0 Å². The number of methoxy groups -OCH3 is 1. The van der Waals surface area contributed by atoms with Crippen molar-refractivity contribution in [2.45, 2.75) is 19.0 Å². The van der Waals surface area contributed by atoms with Crippen molar-refractivity contribution in [3.63, 3.8) is 0 Å². The molecule has 10 nitrogen and oxygen atoms in total. The summed E-state index contributed by atoms with van der Waals surface area (Å²) in [6, 6.07) is 10.7. The lowest BCUT2D eigenvalue weighted by Gasteiger charge is -2.09. The van der Waals surface area contributed by atoms with Gasteiger partial charge in [0.25, 0.3) is 5.95 Å². The van der Waals surface area contributed by atoms with Crippen LogP contribution in [0.15, 0.2) is 46.7 Å². The van der Waals surface area contributed by atoms with Crippen LogP contribution >= 0.6 is 11.8 Å². The molecule has 0 radical (unpaired) electrons. The second-order valence-electron chi connectivity index (χ2n) is 6.63. The van der Waals surface area contributed by atoms with Crippen molar-refractivity contribution in [3.05, 3.63) is 53.1 Å². The number of hydrazone groups is 1. The van der Waals surface area contributed by atoms with Crippen molar-refractivity contribution in [1.29, 1.82) is 0 Å². The highest BCUT2D eigenvalue weighted by molar-refractivity contribution is 7.99. The Bertz CT molecular complexity index is 1110. The van der Waals surface area contributed by atoms with Crippen LogP contribution in [0, 0.1) is 13.8 Å². The molecule has 0 aliphatic heterocycles. The number of carbonyl (C=O) groups excluding carboxylic acids is 1. The maximum absolute atomic E-state index is 12.3. The Morgan fingerprint density at radius 1 is 1.29 bits per heavy atom. The molecule has 0 atom stereocenters. The Morgan fingerprint density at radius 3 is 2.84 bits per heavy atom. The van der Waals surface area contributed by atoms with Crippen LogP contribution in [0.4, 0.5) is 11.6 Å². The molecule has 11 heteroatoms. The number of ether oxygens (including phenoxy) is 1. The zero-order valence-electron chi connectivity index (χ0n) is 17.3. The lowest BCUT2D eigenvalue weighted by molar-refractivity contribution is -0.113. The quantitative estimate of drug-likeness (QED) is 0.181. The molecule has 0 saturated carbocycles. The van der Waals surface area contributed by atoms with Crippen molar-refractivity contribution < 1.29 is 14.6 Å². The highest BCUT2D eigenvalue weighted by Gasteiger charge is 2.13. The van der Waals surface area contributed by atoms with Crippen LogP contribution < -0.4 is 21.3 Å². The fourth-order valence-corrected chi connectivity index (χ4v) is 3.25. The Morgan fingerprint density at radius 2 is 2.10 bits per heavy atom. The third-order valence-corrected chi connectivity index (χ3v) is 5.19. The first kappa shape index (κ1) is 22.0. The van der Waals surface area contributed by atoms with Gasteiger partial charge < -0.3 is 21.0 Å². The van der Waals surface area contributed by atoms with Gasteiger partial charge in [-0.15, -0.1) is 10.2 Å². The number of phenols is 1. The third-order valence-electron chi connectivity index (χ3n) is 4.25. The molecule has 0 fully saturated rings. The van der Waals surface area contributed by atoms with E-state index in [9.17, 15) is 9.90 Å². The monoisotopic (exact) mass is 441 g/mol. The summed E-state index contributed by atoms with van der Waals surface area (Å²) in [5.41, 5.74) is 6.15. The summed E-state index contributed by atoms with van der Waals surface area (Å²) in [4.78, 5) is 12.3. The molecule has 3 aromatic rings. The lowest BCUT2D eigenvalue weighted by atomic mass is 10.1. The van der Waals surface area contributed by atoms with Crippen LogP contribution in [0.3, 0.4) is 0 Å². The number of benzene rings is 2. The maximum Gasteiger partial charge on any atom is 0.264 e. The van der Waals surface area contributed by atoms with Crippen molar-refractivity contribution in [2.75, 3.05) is 29.4 Å². The number of aryl methyl sites for hydroxylation is 2. The predicted octanol–water partition coefficient (Wildman–Crippen LogP) is 2.50. The second kappa shape index (κ2) is 9.85. The predicted molar refractivity (Wildman–Crippen MR) is 121 cm³/mol. The van der Waals surface area contributed by atoms with Crippen LogP contribution in [0.2, 0.25) is 0 Å². The number of thioether (sulfide) groups is 1. The molecular weight excluding hydrogens is 418 g/mol. The van der Waals surface area contributed by atoms with Gasteiger partial charge in [-0.1, -0.05) is 23.9 Å². The smallest absolute Gasteiger partial charge is 0.264 e. The van der Waals surface area contributed by atoms with Gasteiger partial charge in [0.2, 0.25) is 11.1 Å². The van der Waals surface area contributed by atoms with Crippen LogP contribution in [-0.2, 0) is 4.79 Å². The zero-order chi connectivity index (χ0) is 22.4. The molecule has 1 amide bonds. The van der Waals surface area contributed by atoms with E-state index >= 15 is 0 Å².